The van der Waals surface area contributed by atoms with Crippen LogP contribution in [0.1, 0.15) is 34.7 Å². The summed E-state index contributed by atoms with van der Waals surface area (Å²) in [6.07, 6.45) is 1.45. The predicted octanol–water partition coefficient (Wildman–Crippen LogP) is 2.67. The molecule has 4 aromatic rings. The number of amides is 2. The number of carbonyl (C=O) groups excluding carboxylic acids is 2. The molecule has 33 heavy (non-hydrogen) atoms. The predicted molar refractivity (Wildman–Crippen MR) is 121 cm³/mol. The minimum Gasteiger partial charge on any atom is -0.348 e. The van der Waals surface area contributed by atoms with Gasteiger partial charge in [-0.2, -0.15) is 0 Å². The van der Waals surface area contributed by atoms with Gasteiger partial charge in [0, 0.05) is 12.7 Å². The highest BCUT2D eigenvalue weighted by molar-refractivity contribution is 5.93. The van der Waals surface area contributed by atoms with Crippen molar-refractivity contribution >= 4 is 22.8 Å². The smallest absolute Gasteiger partial charge is 0.263 e. The van der Waals surface area contributed by atoms with E-state index >= 15 is 0 Å². The topological polar surface area (TPSA) is 109 Å². The van der Waals surface area contributed by atoms with Crippen LogP contribution in [0, 0.1) is 5.82 Å². The molecule has 0 aliphatic rings. The third-order valence-electron chi connectivity index (χ3n) is 5.14. The number of carbonyl (C=O) groups is 2. The Balaban J connectivity index is 1.40. The average molecular weight is 447 g/mol. The zero-order valence-electron chi connectivity index (χ0n) is 17.8. The van der Waals surface area contributed by atoms with Crippen molar-refractivity contribution in [1.82, 2.24) is 25.2 Å². The molecule has 0 bridgehead atoms. The largest absolute Gasteiger partial charge is 0.348 e. The molecule has 2 aromatic carbocycles. The molecule has 0 aliphatic heterocycles. The van der Waals surface area contributed by atoms with E-state index in [1.54, 1.807) is 19.1 Å². The van der Waals surface area contributed by atoms with Crippen molar-refractivity contribution in [2.45, 2.75) is 26.1 Å². The van der Waals surface area contributed by atoms with Gasteiger partial charge in [-0.3, -0.25) is 14.4 Å². The minimum atomic E-state index is -0.583. The van der Waals surface area contributed by atoms with Crippen LogP contribution < -0.4 is 16.2 Å². The zero-order chi connectivity index (χ0) is 23.4. The third kappa shape index (κ3) is 5.15. The van der Waals surface area contributed by atoms with Crippen LogP contribution in [0.25, 0.3) is 11.0 Å². The Bertz CT molecular complexity index is 1330. The Hall–Kier alpha value is -4.27. The molecule has 0 radical (unpaired) electrons. The van der Waals surface area contributed by atoms with Gasteiger partial charge in [0.25, 0.3) is 11.5 Å². The number of rotatable bonds is 7. The summed E-state index contributed by atoms with van der Waals surface area (Å²) in [5.41, 5.74) is 1.69. The summed E-state index contributed by atoms with van der Waals surface area (Å²) >= 11 is 0. The second-order valence-corrected chi connectivity index (χ2v) is 7.59. The molecule has 0 aliphatic carbocycles. The van der Waals surface area contributed by atoms with Crippen molar-refractivity contribution < 1.29 is 14.0 Å². The van der Waals surface area contributed by atoms with Gasteiger partial charge in [-0.15, -0.1) is 0 Å². The van der Waals surface area contributed by atoms with Gasteiger partial charge >= 0.3 is 0 Å². The molecule has 2 aromatic heterocycles. The second kappa shape index (κ2) is 9.47. The SMILES string of the molecule is C[C@H](NC(=O)Cn1cccc(C(=O)NCc2ccc(F)cc2)c1=O)c1nc2ccccc2[nH]1. The second-order valence-electron chi connectivity index (χ2n) is 7.59. The Morgan fingerprint density at radius 2 is 1.85 bits per heavy atom. The minimum absolute atomic E-state index is 0.0854. The Labute approximate surface area is 188 Å². The first kappa shape index (κ1) is 21.9. The molecule has 1 atom stereocenters. The van der Waals surface area contributed by atoms with Gasteiger partial charge in [0.15, 0.2) is 0 Å². The van der Waals surface area contributed by atoms with Crippen molar-refractivity contribution in [3.8, 4) is 0 Å². The number of aromatic nitrogens is 3. The van der Waals surface area contributed by atoms with E-state index in [4.69, 9.17) is 0 Å². The highest BCUT2D eigenvalue weighted by atomic mass is 19.1. The standard InChI is InChI=1S/C24H22FN5O3/c1-15(22-28-19-6-2-3-7-20(19)29-22)27-21(31)14-30-12-4-5-18(24(30)33)23(32)26-13-16-8-10-17(25)11-9-16/h2-12,15H,13-14H2,1H3,(H,26,32)(H,27,31)(H,28,29)/t15-/m0/s1. The number of H-pyrrole nitrogens is 1. The number of nitrogens with zero attached hydrogens (tertiary/aromatic N) is 2. The van der Waals surface area contributed by atoms with Crippen LogP contribution in [-0.2, 0) is 17.9 Å². The molecule has 0 saturated carbocycles. The van der Waals surface area contributed by atoms with E-state index < -0.39 is 23.4 Å². The molecule has 0 saturated heterocycles. The summed E-state index contributed by atoms with van der Waals surface area (Å²) in [4.78, 5) is 45.4. The van der Waals surface area contributed by atoms with Gasteiger partial charge < -0.3 is 20.2 Å². The number of benzene rings is 2. The molecular formula is C24H22FN5O3. The molecule has 3 N–H and O–H groups in total. The Kier molecular flexibility index (Phi) is 6.30. The van der Waals surface area contributed by atoms with Gasteiger partial charge in [-0.25, -0.2) is 9.37 Å². The maximum atomic E-state index is 13.0. The van der Waals surface area contributed by atoms with Crippen LogP contribution >= 0.6 is 0 Å². The third-order valence-corrected chi connectivity index (χ3v) is 5.14. The molecule has 9 heteroatoms. The average Bonchev–Trinajstić information content (AvgIpc) is 3.24. The number of hydrogen-bond acceptors (Lipinski definition) is 4. The van der Waals surface area contributed by atoms with Crippen molar-refractivity contribution in [1.29, 1.82) is 0 Å². The fourth-order valence-electron chi connectivity index (χ4n) is 3.40. The van der Waals surface area contributed by atoms with E-state index in [1.165, 1.54) is 35.0 Å². The molecule has 0 spiro atoms. The quantitative estimate of drug-likeness (QED) is 0.405. The molecule has 0 fully saturated rings. The van der Waals surface area contributed by atoms with Gasteiger partial charge in [0.05, 0.1) is 17.1 Å². The number of pyridine rings is 1. The Morgan fingerprint density at radius 1 is 1.09 bits per heavy atom. The van der Waals surface area contributed by atoms with Crippen LogP contribution in [0.5, 0.6) is 0 Å². The molecular weight excluding hydrogens is 425 g/mol. The van der Waals surface area contributed by atoms with Crippen molar-refractivity contribution in [3.05, 3.63) is 100.0 Å². The van der Waals surface area contributed by atoms with Gasteiger partial charge in [0.2, 0.25) is 5.91 Å². The summed E-state index contributed by atoms with van der Waals surface area (Å²) in [7, 11) is 0. The molecule has 2 heterocycles. The summed E-state index contributed by atoms with van der Waals surface area (Å²) in [5.74, 6) is -0.738. The highest BCUT2D eigenvalue weighted by Crippen LogP contribution is 2.15. The monoisotopic (exact) mass is 447 g/mol. The molecule has 2 amide bonds. The number of para-hydroxylation sites is 2. The Morgan fingerprint density at radius 3 is 2.61 bits per heavy atom. The fraction of sp³-hybridized carbons (Fsp3) is 0.167. The highest BCUT2D eigenvalue weighted by Gasteiger charge is 2.16. The van der Waals surface area contributed by atoms with Gasteiger partial charge in [-0.05, 0) is 48.9 Å². The molecule has 8 nitrogen and oxygen atoms in total. The zero-order valence-corrected chi connectivity index (χ0v) is 17.8. The van der Waals surface area contributed by atoms with Gasteiger partial charge in [-0.1, -0.05) is 24.3 Å². The maximum absolute atomic E-state index is 13.0. The number of fused-ring (bicyclic) bond motifs is 1. The lowest BCUT2D eigenvalue weighted by Gasteiger charge is -2.13. The van der Waals surface area contributed by atoms with E-state index in [9.17, 15) is 18.8 Å². The van der Waals surface area contributed by atoms with Crippen LogP contribution in [0.15, 0.2) is 71.7 Å². The van der Waals surface area contributed by atoms with E-state index in [2.05, 4.69) is 20.6 Å². The lowest BCUT2D eigenvalue weighted by molar-refractivity contribution is -0.122. The normalized spacial score (nSPS) is 11.8. The molecule has 0 unspecified atom stereocenters. The lowest BCUT2D eigenvalue weighted by atomic mass is 10.2. The number of halogens is 1. The maximum Gasteiger partial charge on any atom is 0.263 e. The summed E-state index contributed by atoms with van der Waals surface area (Å²) < 4.78 is 14.2. The van der Waals surface area contributed by atoms with E-state index in [-0.39, 0.29) is 24.5 Å². The number of imidazole rings is 1. The van der Waals surface area contributed by atoms with Crippen LogP contribution in [0.2, 0.25) is 0 Å². The van der Waals surface area contributed by atoms with E-state index in [1.807, 2.05) is 24.3 Å². The van der Waals surface area contributed by atoms with E-state index in [0.29, 0.717) is 11.4 Å². The van der Waals surface area contributed by atoms with Crippen molar-refractivity contribution in [3.63, 3.8) is 0 Å². The van der Waals surface area contributed by atoms with Crippen LogP contribution in [-0.4, -0.2) is 26.3 Å². The first-order valence-electron chi connectivity index (χ1n) is 10.4. The summed E-state index contributed by atoms with van der Waals surface area (Å²) in [6, 6.07) is 15.8. The fourth-order valence-corrected chi connectivity index (χ4v) is 3.40. The van der Waals surface area contributed by atoms with Crippen molar-refractivity contribution in [2.75, 3.05) is 0 Å². The van der Waals surface area contributed by atoms with Crippen molar-refractivity contribution in [2.24, 2.45) is 0 Å². The van der Waals surface area contributed by atoms with Gasteiger partial charge in [0.1, 0.15) is 23.7 Å². The number of nitrogens with one attached hydrogen (secondary N) is 3. The lowest BCUT2D eigenvalue weighted by Crippen LogP contribution is -2.37. The van der Waals surface area contributed by atoms with Crippen LogP contribution in [0.3, 0.4) is 0 Å². The molecule has 4 rings (SSSR count). The summed E-state index contributed by atoms with van der Waals surface area (Å²) in [6.45, 7) is 1.68. The number of aromatic amines is 1. The van der Waals surface area contributed by atoms with E-state index in [0.717, 1.165) is 11.0 Å². The first-order valence-corrected chi connectivity index (χ1v) is 10.4. The molecule has 168 valence electrons. The van der Waals surface area contributed by atoms with Crippen LogP contribution in [0.4, 0.5) is 4.39 Å². The first-order chi connectivity index (χ1) is 15.9. The number of hydrogen-bond donors (Lipinski definition) is 3. The summed E-state index contributed by atoms with van der Waals surface area (Å²) in [5, 5.41) is 5.44.